The molecule has 2 aromatic carbocycles. The highest BCUT2D eigenvalue weighted by molar-refractivity contribution is 6.32. The number of esters is 1. The Morgan fingerprint density at radius 1 is 1.04 bits per heavy atom. The van der Waals surface area contributed by atoms with Gasteiger partial charge in [0, 0.05) is 12.1 Å². The van der Waals surface area contributed by atoms with E-state index in [0.717, 1.165) is 0 Å². The number of amides is 1. The van der Waals surface area contributed by atoms with E-state index >= 15 is 0 Å². The van der Waals surface area contributed by atoms with Gasteiger partial charge >= 0.3 is 5.97 Å². The number of carbonyl (C=O) groups is 2. The summed E-state index contributed by atoms with van der Waals surface area (Å²) in [6, 6.07) is 12.7. The van der Waals surface area contributed by atoms with Gasteiger partial charge in [0.25, 0.3) is 5.91 Å². The number of halogens is 2. The first-order valence-electron chi connectivity index (χ1n) is 7.09. The predicted molar refractivity (Wildman–Crippen MR) is 86.2 cm³/mol. The number of nitrogens with one attached hydrogen (secondary N) is 1. The van der Waals surface area contributed by atoms with E-state index in [2.05, 4.69) is 5.32 Å². The summed E-state index contributed by atoms with van der Waals surface area (Å²) in [6.07, 6.45) is 0. The molecular weight excluding hydrogens is 337 g/mol. The molecule has 0 fully saturated rings. The SMILES string of the molecule is O=C(COC(=O)COc1ccccc1Cl)NCc1ccccc1F. The quantitative estimate of drug-likeness (QED) is 0.779. The average molecular weight is 352 g/mol. The molecule has 0 spiro atoms. The molecule has 1 amide bonds. The summed E-state index contributed by atoms with van der Waals surface area (Å²) in [5, 5.41) is 2.83. The van der Waals surface area contributed by atoms with Crippen molar-refractivity contribution in [1.29, 1.82) is 0 Å². The highest BCUT2D eigenvalue weighted by atomic mass is 35.5. The zero-order chi connectivity index (χ0) is 17.4. The molecule has 0 heterocycles. The van der Waals surface area contributed by atoms with Crippen LogP contribution in [-0.2, 0) is 20.9 Å². The molecule has 5 nitrogen and oxygen atoms in total. The summed E-state index contributed by atoms with van der Waals surface area (Å²) in [6.45, 7) is -0.831. The fourth-order valence-corrected chi connectivity index (χ4v) is 1.96. The molecule has 0 aliphatic carbocycles. The van der Waals surface area contributed by atoms with E-state index in [1.165, 1.54) is 6.07 Å². The van der Waals surface area contributed by atoms with Crippen molar-refractivity contribution in [1.82, 2.24) is 5.32 Å². The van der Waals surface area contributed by atoms with Crippen molar-refractivity contribution in [3.63, 3.8) is 0 Å². The first kappa shape index (κ1) is 17.7. The standard InChI is InChI=1S/C17H15ClFNO4/c18-13-6-2-4-8-15(13)23-11-17(22)24-10-16(21)20-9-12-5-1-3-7-14(12)19/h1-8H,9-11H2,(H,20,21). The molecule has 0 unspecified atom stereocenters. The second-order valence-corrected chi connectivity index (χ2v) is 5.16. The van der Waals surface area contributed by atoms with Gasteiger partial charge in [0.2, 0.25) is 0 Å². The van der Waals surface area contributed by atoms with E-state index in [-0.39, 0.29) is 13.2 Å². The number of benzene rings is 2. The van der Waals surface area contributed by atoms with Crippen LogP contribution in [0.2, 0.25) is 5.02 Å². The van der Waals surface area contributed by atoms with Gasteiger partial charge in [-0.2, -0.15) is 0 Å². The Morgan fingerprint density at radius 3 is 2.50 bits per heavy atom. The lowest BCUT2D eigenvalue weighted by Gasteiger charge is -2.09. The van der Waals surface area contributed by atoms with Gasteiger partial charge in [0.15, 0.2) is 13.2 Å². The Bertz CT molecular complexity index is 662. The lowest BCUT2D eigenvalue weighted by Crippen LogP contribution is -2.29. The Labute approximate surface area is 143 Å². The van der Waals surface area contributed by atoms with Gasteiger partial charge in [-0.15, -0.1) is 0 Å². The van der Waals surface area contributed by atoms with Crippen LogP contribution in [0.15, 0.2) is 48.5 Å². The molecule has 0 saturated heterocycles. The van der Waals surface area contributed by atoms with Crippen LogP contribution in [0, 0.1) is 5.82 Å². The van der Waals surface area contributed by atoms with Crippen molar-refractivity contribution >= 4 is 23.5 Å². The molecule has 2 rings (SSSR count). The minimum Gasteiger partial charge on any atom is -0.480 e. The van der Waals surface area contributed by atoms with Gasteiger partial charge < -0.3 is 14.8 Å². The zero-order valence-electron chi connectivity index (χ0n) is 12.6. The number of ether oxygens (including phenoxy) is 2. The summed E-state index contributed by atoms with van der Waals surface area (Å²) in [7, 11) is 0. The number of rotatable bonds is 7. The van der Waals surface area contributed by atoms with Gasteiger partial charge in [-0.05, 0) is 18.2 Å². The maximum atomic E-state index is 13.4. The van der Waals surface area contributed by atoms with Crippen LogP contribution in [0.3, 0.4) is 0 Å². The molecule has 126 valence electrons. The van der Waals surface area contributed by atoms with Gasteiger partial charge in [-0.1, -0.05) is 41.9 Å². The van der Waals surface area contributed by atoms with Crippen LogP contribution in [0.1, 0.15) is 5.56 Å². The molecule has 0 aliphatic rings. The summed E-state index contributed by atoms with van der Waals surface area (Å²) < 4.78 is 23.3. The molecule has 7 heteroatoms. The van der Waals surface area contributed by atoms with E-state index in [0.29, 0.717) is 16.3 Å². The topological polar surface area (TPSA) is 64.6 Å². The largest absolute Gasteiger partial charge is 0.480 e. The Hall–Kier alpha value is -2.60. The van der Waals surface area contributed by atoms with Crippen LogP contribution >= 0.6 is 11.6 Å². The molecule has 24 heavy (non-hydrogen) atoms. The normalized spacial score (nSPS) is 10.1. The molecule has 0 aromatic heterocycles. The van der Waals surface area contributed by atoms with Crippen molar-refractivity contribution in [2.75, 3.05) is 13.2 Å². The molecule has 0 aliphatic heterocycles. The molecule has 0 bridgehead atoms. The zero-order valence-corrected chi connectivity index (χ0v) is 13.4. The predicted octanol–water partition coefficient (Wildman–Crippen LogP) is 2.72. The highest BCUT2D eigenvalue weighted by Gasteiger charge is 2.10. The van der Waals surface area contributed by atoms with Gasteiger partial charge in [-0.3, -0.25) is 4.79 Å². The van der Waals surface area contributed by atoms with Crippen molar-refractivity contribution < 1.29 is 23.5 Å². The first-order chi connectivity index (χ1) is 11.6. The van der Waals surface area contributed by atoms with Crippen LogP contribution < -0.4 is 10.1 Å². The second-order valence-electron chi connectivity index (χ2n) is 4.75. The smallest absolute Gasteiger partial charge is 0.344 e. The van der Waals surface area contributed by atoms with Crippen molar-refractivity contribution in [3.8, 4) is 5.75 Å². The average Bonchev–Trinajstić information content (AvgIpc) is 2.58. The van der Waals surface area contributed by atoms with Gasteiger partial charge in [0.1, 0.15) is 11.6 Å². The monoisotopic (exact) mass is 351 g/mol. The molecule has 0 radical (unpaired) electrons. The lowest BCUT2D eigenvalue weighted by atomic mass is 10.2. The van der Waals surface area contributed by atoms with E-state index in [1.807, 2.05) is 0 Å². The Balaban J connectivity index is 1.69. The van der Waals surface area contributed by atoms with Crippen molar-refractivity contribution in [2.45, 2.75) is 6.54 Å². The third-order valence-corrected chi connectivity index (χ3v) is 3.29. The maximum absolute atomic E-state index is 13.4. The minimum atomic E-state index is -0.712. The molecule has 2 aromatic rings. The van der Waals surface area contributed by atoms with Crippen LogP contribution in [0.4, 0.5) is 4.39 Å². The Kier molecular flexibility index (Phi) is 6.57. The van der Waals surface area contributed by atoms with Gasteiger partial charge in [-0.25, -0.2) is 9.18 Å². The van der Waals surface area contributed by atoms with E-state index in [1.54, 1.807) is 42.5 Å². The van der Waals surface area contributed by atoms with E-state index in [9.17, 15) is 14.0 Å². The molecule has 1 N–H and O–H groups in total. The maximum Gasteiger partial charge on any atom is 0.344 e. The molecule has 0 saturated carbocycles. The fraction of sp³-hybridized carbons (Fsp3) is 0.176. The molecular formula is C17H15ClFNO4. The summed E-state index contributed by atoms with van der Waals surface area (Å²) >= 11 is 5.88. The van der Waals surface area contributed by atoms with Gasteiger partial charge in [0.05, 0.1) is 5.02 Å². The van der Waals surface area contributed by atoms with Crippen LogP contribution in [0.25, 0.3) is 0 Å². The third kappa shape index (κ3) is 5.55. The summed E-state index contributed by atoms with van der Waals surface area (Å²) in [5.74, 6) is -1.32. The van der Waals surface area contributed by atoms with Crippen molar-refractivity contribution in [2.24, 2.45) is 0 Å². The van der Waals surface area contributed by atoms with Crippen LogP contribution in [-0.4, -0.2) is 25.1 Å². The third-order valence-electron chi connectivity index (χ3n) is 2.98. The number of para-hydroxylation sites is 1. The number of hydrogen-bond acceptors (Lipinski definition) is 4. The lowest BCUT2D eigenvalue weighted by molar-refractivity contribution is -0.150. The minimum absolute atomic E-state index is 0.0131. The second kappa shape index (κ2) is 8.88. The highest BCUT2D eigenvalue weighted by Crippen LogP contribution is 2.22. The van der Waals surface area contributed by atoms with Crippen molar-refractivity contribution in [3.05, 3.63) is 64.9 Å². The van der Waals surface area contributed by atoms with Crippen LogP contribution in [0.5, 0.6) is 5.75 Å². The first-order valence-corrected chi connectivity index (χ1v) is 7.47. The summed E-state index contributed by atoms with van der Waals surface area (Å²) in [5.41, 5.74) is 0.347. The fourth-order valence-electron chi connectivity index (χ4n) is 1.77. The summed E-state index contributed by atoms with van der Waals surface area (Å²) in [4.78, 5) is 23.1. The molecule has 0 atom stereocenters. The van der Waals surface area contributed by atoms with E-state index in [4.69, 9.17) is 21.1 Å². The Morgan fingerprint density at radius 2 is 1.75 bits per heavy atom. The number of carbonyl (C=O) groups excluding carboxylic acids is 2. The van der Waals surface area contributed by atoms with E-state index < -0.39 is 24.3 Å². The number of hydrogen-bond donors (Lipinski definition) is 1.